The zero-order valence-electron chi connectivity index (χ0n) is 22.9. The van der Waals surface area contributed by atoms with Gasteiger partial charge in [-0.3, -0.25) is 19.5 Å². The van der Waals surface area contributed by atoms with Crippen molar-refractivity contribution in [3.63, 3.8) is 0 Å². The van der Waals surface area contributed by atoms with Gasteiger partial charge in [0.05, 0.1) is 24.5 Å². The van der Waals surface area contributed by atoms with Crippen molar-refractivity contribution in [1.82, 2.24) is 29.7 Å². The van der Waals surface area contributed by atoms with Crippen molar-refractivity contribution in [2.75, 3.05) is 26.2 Å². The number of piperazine rings is 1. The number of nitrogens with one attached hydrogen (secondary N) is 1. The summed E-state index contributed by atoms with van der Waals surface area (Å²) < 4.78 is 7.54. The lowest BCUT2D eigenvalue weighted by molar-refractivity contribution is -0.128. The third kappa shape index (κ3) is 7.22. The SMILES string of the molecule is CC(C)(C)OC(=O)N1CCN(C(=O)c2ccncc2)CC1C(=O)NCCc1cncn1Cc1ccc(C#N)cc1. The van der Waals surface area contributed by atoms with Gasteiger partial charge < -0.3 is 19.5 Å². The van der Waals surface area contributed by atoms with Gasteiger partial charge in [0.2, 0.25) is 5.91 Å². The van der Waals surface area contributed by atoms with Gasteiger partial charge in [0.15, 0.2) is 0 Å². The maximum atomic E-state index is 13.4. The van der Waals surface area contributed by atoms with Gasteiger partial charge in [0, 0.05) is 62.4 Å². The van der Waals surface area contributed by atoms with Crippen molar-refractivity contribution >= 4 is 17.9 Å². The highest BCUT2D eigenvalue weighted by Crippen LogP contribution is 2.18. The van der Waals surface area contributed by atoms with E-state index < -0.39 is 17.7 Å². The third-order valence-corrected chi connectivity index (χ3v) is 6.44. The molecule has 1 atom stereocenters. The van der Waals surface area contributed by atoms with Crippen LogP contribution < -0.4 is 5.32 Å². The van der Waals surface area contributed by atoms with Crippen LogP contribution in [0.2, 0.25) is 0 Å². The second kappa shape index (κ2) is 12.4. The van der Waals surface area contributed by atoms with Gasteiger partial charge in [-0.2, -0.15) is 5.26 Å². The molecule has 0 saturated carbocycles. The molecule has 0 bridgehead atoms. The Morgan fingerprint density at radius 3 is 2.48 bits per heavy atom. The highest BCUT2D eigenvalue weighted by molar-refractivity contribution is 5.95. The van der Waals surface area contributed by atoms with Gasteiger partial charge in [0.25, 0.3) is 5.91 Å². The Morgan fingerprint density at radius 2 is 1.80 bits per heavy atom. The Kier molecular flexibility index (Phi) is 8.79. The molecule has 0 spiro atoms. The Bertz CT molecular complexity index is 1370. The Hall–Kier alpha value is -4.72. The number of rotatable bonds is 7. The standard InChI is InChI=1S/C29H33N7O4/c1-29(2,3)40-28(39)36-15-14-34(27(38)23-8-11-31-12-9-23)19-25(36)26(37)33-13-10-24-17-32-20-35(24)18-22-6-4-21(16-30)5-7-22/h4-9,11-12,17,20,25H,10,13-15,18-19H2,1-3H3,(H,33,37). The molecule has 1 N–H and O–H groups in total. The van der Waals surface area contributed by atoms with E-state index in [4.69, 9.17) is 10.00 Å². The number of nitriles is 1. The van der Waals surface area contributed by atoms with Gasteiger partial charge in [-0.1, -0.05) is 12.1 Å². The Balaban J connectivity index is 1.41. The van der Waals surface area contributed by atoms with Gasteiger partial charge in [-0.05, 0) is 50.6 Å². The zero-order valence-corrected chi connectivity index (χ0v) is 22.9. The summed E-state index contributed by atoms with van der Waals surface area (Å²) in [5.74, 6) is -0.591. The molecule has 3 aromatic rings. The summed E-state index contributed by atoms with van der Waals surface area (Å²) in [6.45, 7) is 6.69. The first-order valence-electron chi connectivity index (χ1n) is 13.1. The molecule has 1 aliphatic heterocycles. The number of ether oxygens (including phenoxy) is 1. The predicted molar refractivity (Wildman–Crippen MR) is 146 cm³/mol. The molecule has 11 nitrogen and oxygen atoms in total. The fourth-order valence-corrected chi connectivity index (χ4v) is 4.42. The van der Waals surface area contributed by atoms with Crippen LogP contribution in [0.15, 0.2) is 61.3 Å². The summed E-state index contributed by atoms with van der Waals surface area (Å²) in [5, 5.41) is 11.9. The van der Waals surface area contributed by atoms with Crippen molar-refractivity contribution in [2.24, 2.45) is 0 Å². The first-order chi connectivity index (χ1) is 19.1. The van der Waals surface area contributed by atoms with Gasteiger partial charge in [0.1, 0.15) is 11.6 Å². The third-order valence-electron chi connectivity index (χ3n) is 6.44. The van der Waals surface area contributed by atoms with Crippen LogP contribution in [0.5, 0.6) is 0 Å². The molecule has 1 unspecified atom stereocenters. The Labute approximate surface area is 233 Å². The van der Waals surface area contributed by atoms with E-state index in [9.17, 15) is 14.4 Å². The lowest BCUT2D eigenvalue weighted by Gasteiger charge is -2.40. The van der Waals surface area contributed by atoms with Gasteiger partial charge in [-0.25, -0.2) is 9.78 Å². The molecule has 1 aromatic carbocycles. The van der Waals surface area contributed by atoms with Crippen LogP contribution in [-0.4, -0.2) is 80.1 Å². The number of amides is 3. The fourth-order valence-electron chi connectivity index (χ4n) is 4.42. The number of hydrogen-bond donors (Lipinski definition) is 1. The number of carbonyl (C=O) groups is 3. The van der Waals surface area contributed by atoms with Crippen molar-refractivity contribution in [3.8, 4) is 6.07 Å². The summed E-state index contributed by atoms with van der Waals surface area (Å²) in [6, 6.07) is 11.8. The van der Waals surface area contributed by atoms with E-state index in [1.165, 1.54) is 4.90 Å². The molecule has 4 rings (SSSR count). The molecule has 0 aliphatic carbocycles. The summed E-state index contributed by atoms with van der Waals surface area (Å²) in [4.78, 5) is 50.6. The quantitative estimate of drug-likeness (QED) is 0.484. The fraction of sp³-hybridized carbons (Fsp3) is 0.379. The van der Waals surface area contributed by atoms with Crippen molar-refractivity contribution < 1.29 is 19.1 Å². The first-order valence-corrected chi connectivity index (χ1v) is 13.1. The molecule has 3 amide bonds. The largest absolute Gasteiger partial charge is 0.444 e. The van der Waals surface area contributed by atoms with Crippen LogP contribution in [0.3, 0.4) is 0 Å². The van der Waals surface area contributed by atoms with Crippen molar-refractivity contribution in [2.45, 2.75) is 45.4 Å². The molecule has 1 saturated heterocycles. The minimum Gasteiger partial charge on any atom is -0.444 e. The molecule has 208 valence electrons. The Morgan fingerprint density at radius 1 is 1.07 bits per heavy atom. The molecule has 3 heterocycles. The molecular formula is C29H33N7O4. The van der Waals surface area contributed by atoms with Crippen LogP contribution in [-0.2, 0) is 22.5 Å². The maximum Gasteiger partial charge on any atom is 0.411 e. The van der Waals surface area contributed by atoms with Gasteiger partial charge in [-0.15, -0.1) is 0 Å². The molecule has 11 heteroatoms. The van der Waals surface area contributed by atoms with E-state index in [2.05, 4.69) is 21.4 Å². The number of benzene rings is 1. The highest BCUT2D eigenvalue weighted by atomic mass is 16.6. The van der Waals surface area contributed by atoms with E-state index in [0.717, 1.165) is 11.3 Å². The number of carbonyl (C=O) groups excluding carboxylic acids is 3. The smallest absolute Gasteiger partial charge is 0.411 e. The second-order valence-electron chi connectivity index (χ2n) is 10.5. The highest BCUT2D eigenvalue weighted by Gasteiger charge is 2.39. The van der Waals surface area contributed by atoms with E-state index in [1.54, 1.807) is 74.9 Å². The number of hydrogen-bond acceptors (Lipinski definition) is 7. The number of imidazole rings is 1. The number of aromatic nitrogens is 3. The topological polar surface area (TPSA) is 133 Å². The molecule has 1 fully saturated rings. The predicted octanol–water partition coefficient (Wildman–Crippen LogP) is 2.62. The zero-order chi connectivity index (χ0) is 28.7. The number of pyridine rings is 1. The van der Waals surface area contributed by atoms with Crippen LogP contribution in [0.25, 0.3) is 0 Å². The van der Waals surface area contributed by atoms with Crippen LogP contribution in [0.4, 0.5) is 4.79 Å². The summed E-state index contributed by atoms with van der Waals surface area (Å²) in [6.07, 6.45) is 6.48. The van der Waals surface area contributed by atoms with E-state index in [1.807, 2.05) is 16.7 Å². The normalized spacial score (nSPS) is 15.3. The molecule has 40 heavy (non-hydrogen) atoms. The summed E-state index contributed by atoms with van der Waals surface area (Å²) in [7, 11) is 0. The van der Waals surface area contributed by atoms with Crippen LogP contribution >= 0.6 is 0 Å². The molecule has 1 aliphatic rings. The van der Waals surface area contributed by atoms with E-state index in [-0.39, 0.29) is 31.4 Å². The second-order valence-corrected chi connectivity index (χ2v) is 10.5. The van der Waals surface area contributed by atoms with Crippen molar-refractivity contribution in [3.05, 3.63) is 83.7 Å². The van der Waals surface area contributed by atoms with E-state index in [0.29, 0.717) is 30.6 Å². The molecular weight excluding hydrogens is 510 g/mol. The van der Waals surface area contributed by atoms with Crippen LogP contribution in [0.1, 0.15) is 48.0 Å². The van der Waals surface area contributed by atoms with Crippen LogP contribution in [0, 0.1) is 11.3 Å². The monoisotopic (exact) mass is 543 g/mol. The minimum atomic E-state index is -0.905. The average Bonchev–Trinajstić information content (AvgIpc) is 3.38. The average molecular weight is 544 g/mol. The molecule has 2 aromatic heterocycles. The van der Waals surface area contributed by atoms with E-state index >= 15 is 0 Å². The lowest BCUT2D eigenvalue weighted by atomic mass is 10.1. The maximum absolute atomic E-state index is 13.4. The van der Waals surface area contributed by atoms with Gasteiger partial charge >= 0.3 is 6.09 Å². The minimum absolute atomic E-state index is 0.0445. The lowest BCUT2D eigenvalue weighted by Crippen LogP contribution is -2.62. The summed E-state index contributed by atoms with van der Waals surface area (Å²) >= 11 is 0. The summed E-state index contributed by atoms with van der Waals surface area (Å²) in [5.41, 5.74) is 2.29. The van der Waals surface area contributed by atoms with Crippen molar-refractivity contribution in [1.29, 1.82) is 5.26 Å². The molecule has 0 radical (unpaired) electrons. The number of nitrogens with zero attached hydrogens (tertiary/aromatic N) is 6. The first kappa shape index (κ1) is 28.3.